The Kier molecular flexibility index (Phi) is 6.59. The fraction of sp³-hybridized carbons (Fsp3) is 0.294. The Hall–Kier alpha value is -0.510. The Morgan fingerprint density at radius 2 is 1.81 bits per heavy atom. The van der Waals surface area contributed by atoms with Gasteiger partial charge < -0.3 is 4.74 Å². The van der Waals surface area contributed by atoms with E-state index in [9.17, 15) is 0 Å². The average molecular weight is 433 g/mol. The predicted octanol–water partition coefficient (Wildman–Crippen LogP) is 5.86. The van der Waals surface area contributed by atoms with Gasteiger partial charge in [0.1, 0.15) is 5.75 Å². The highest BCUT2D eigenvalue weighted by molar-refractivity contribution is 9.10. The molecule has 0 radical (unpaired) electrons. The molecule has 0 bridgehead atoms. The number of rotatable bonds is 6. The van der Waals surface area contributed by atoms with Crippen molar-refractivity contribution in [3.8, 4) is 5.75 Å². The normalized spacial score (nSPS) is 12.2. The number of ether oxygens (including phenoxy) is 1. The molecule has 0 aliphatic rings. The maximum absolute atomic E-state index is 6.18. The van der Waals surface area contributed by atoms with E-state index in [1.54, 1.807) is 7.11 Å². The molecule has 0 spiro atoms. The maximum Gasteiger partial charge on any atom is 0.122 e. The molecule has 0 N–H and O–H groups in total. The van der Waals surface area contributed by atoms with E-state index in [2.05, 4.69) is 56.1 Å². The third-order valence-electron chi connectivity index (χ3n) is 3.38. The SMILES string of the molecule is COc1ccc(Br)cc1CC(CCl)Cc1cccc(Br)c1. The summed E-state index contributed by atoms with van der Waals surface area (Å²) in [5, 5.41) is 0. The molecule has 2 rings (SSSR count). The highest BCUT2D eigenvalue weighted by Gasteiger charge is 2.13. The van der Waals surface area contributed by atoms with E-state index in [0.29, 0.717) is 11.8 Å². The summed E-state index contributed by atoms with van der Waals surface area (Å²) in [5.41, 5.74) is 2.48. The summed E-state index contributed by atoms with van der Waals surface area (Å²) in [4.78, 5) is 0. The van der Waals surface area contributed by atoms with Crippen LogP contribution in [0.1, 0.15) is 11.1 Å². The molecule has 0 aliphatic heterocycles. The van der Waals surface area contributed by atoms with Gasteiger partial charge in [-0.3, -0.25) is 0 Å². The molecule has 0 saturated heterocycles. The lowest BCUT2D eigenvalue weighted by atomic mass is 9.93. The van der Waals surface area contributed by atoms with Crippen molar-refractivity contribution < 1.29 is 4.74 Å². The summed E-state index contributed by atoms with van der Waals surface area (Å²) >= 11 is 13.2. The molecule has 0 heterocycles. The van der Waals surface area contributed by atoms with Gasteiger partial charge >= 0.3 is 0 Å². The number of halogens is 3. The lowest BCUT2D eigenvalue weighted by molar-refractivity contribution is 0.405. The van der Waals surface area contributed by atoms with Crippen LogP contribution in [0.3, 0.4) is 0 Å². The lowest BCUT2D eigenvalue weighted by Gasteiger charge is -2.16. The Morgan fingerprint density at radius 3 is 2.48 bits per heavy atom. The fourth-order valence-electron chi connectivity index (χ4n) is 2.40. The van der Waals surface area contributed by atoms with Crippen molar-refractivity contribution in [2.24, 2.45) is 5.92 Å². The zero-order chi connectivity index (χ0) is 15.2. The van der Waals surface area contributed by atoms with Crippen LogP contribution in [-0.4, -0.2) is 13.0 Å². The molecule has 4 heteroatoms. The van der Waals surface area contributed by atoms with Crippen LogP contribution in [0, 0.1) is 5.92 Å². The second-order valence-electron chi connectivity index (χ2n) is 5.01. The van der Waals surface area contributed by atoms with E-state index in [1.165, 1.54) is 11.1 Å². The van der Waals surface area contributed by atoms with E-state index >= 15 is 0 Å². The monoisotopic (exact) mass is 430 g/mol. The molecule has 2 aromatic rings. The van der Waals surface area contributed by atoms with Crippen LogP contribution in [0.2, 0.25) is 0 Å². The summed E-state index contributed by atoms with van der Waals surface area (Å²) in [6.07, 6.45) is 1.86. The van der Waals surface area contributed by atoms with Gasteiger partial charge in [-0.1, -0.05) is 44.0 Å². The van der Waals surface area contributed by atoms with Crippen molar-refractivity contribution in [1.82, 2.24) is 0 Å². The van der Waals surface area contributed by atoms with Crippen molar-refractivity contribution in [3.63, 3.8) is 0 Å². The molecule has 0 saturated carbocycles. The predicted molar refractivity (Wildman–Crippen MR) is 96.5 cm³/mol. The van der Waals surface area contributed by atoms with Crippen molar-refractivity contribution in [2.75, 3.05) is 13.0 Å². The van der Waals surface area contributed by atoms with Crippen LogP contribution in [0.25, 0.3) is 0 Å². The third-order valence-corrected chi connectivity index (χ3v) is 4.81. The summed E-state index contributed by atoms with van der Waals surface area (Å²) in [6.45, 7) is 0. The standard InChI is InChI=1S/C17H17Br2ClO/c1-21-17-6-5-16(19)10-14(17)8-13(11-20)7-12-3-2-4-15(18)9-12/h2-6,9-10,13H,7-8,11H2,1H3. The van der Waals surface area contributed by atoms with Gasteiger partial charge in [-0.25, -0.2) is 0 Å². The molecular weight excluding hydrogens is 415 g/mol. The fourth-order valence-corrected chi connectivity index (χ4v) is 3.47. The van der Waals surface area contributed by atoms with Crippen LogP contribution in [0.5, 0.6) is 5.75 Å². The van der Waals surface area contributed by atoms with E-state index in [-0.39, 0.29) is 0 Å². The second-order valence-corrected chi connectivity index (χ2v) is 7.15. The van der Waals surface area contributed by atoms with Crippen LogP contribution in [0.15, 0.2) is 51.4 Å². The van der Waals surface area contributed by atoms with Gasteiger partial charge in [0.2, 0.25) is 0 Å². The number of hydrogen-bond donors (Lipinski definition) is 0. The van der Waals surface area contributed by atoms with Crippen molar-refractivity contribution in [1.29, 1.82) is 0 Å². The van der Waals surface area contributed by atoms with Crippen LogP contribution in [0.4, 0.5) is 0 Å². The van der Waals surface area contributed by atoms with E-state index in [1.807, 2.05) is 18.2 Å². The Morgan fingerprint density at radius 1 is 1.05 bits per heavy atom. The van der Waals surface area contributed by atoms with E-state index in [0.717, 1.165) is 27.5 Å². The van der Waals surface area contributed by atoms with Crippen molar-refractivity contribution >= 4 is 43.5 Å². The Bertz CT molecular complexity index is 601. The minimum Gasteiger partial charge on any atom is -0.496 e. The first-order valence-corrected chi connectivity index (χ1v) is 8.87. The molecular formula is C17H17Br2ClO. The minimum absolute atomic E-state index is 0.379. The molecule has 112 valence electrons. The first-order valence-electron chi connectivity index (χ1n) is 6.75. The van der Waals surface area contributed by atoms with Crippen LogP contribution < -0.4 is 4.74 Å². The number of hydrogen-bond acceptors (Lipinski definition) is 1. The second kappa shape index (κ2) is 8.21. The summed E-state index contributed by atoms with van der Waals surface area (Å²) in [7, 11) is 1.71. The highest BCUT2D eigenvalue weighted by atomic mass is 79.9. The van der Waals surface area contributed by atoms with E-state index < -0.39 is 0 Å². The van der Waals surface area contributed by atoms with E-state index in [4.69, 9.17) is 16.3 Å². The molecule has 1 atom stereocenters. The van der Waals surface area contributed by atoms with Crippen molar-refractivity contribution in [3.05, 3.63) is 62.5 Å². The molecule has 0 amide bonds. The first kappa shape index (κ1) is 16.9. The third kappa shape index (κ3) is 5.01. The lowest BCUT2D eigenvalue weighted by Crippen LogP contribution is -2.11. The van der Waals surface area contributed by atoms with Gasteiger partial charge in [-0.15, -0.1) is 11.6 Å². The molecule has 1 nitrogen and oxygen atoms in total. The number of methoxy groups -OCH3 is 1. The Labute approximate surface area is 147 Å². The molecule has 2 aromatic carbocycles. The van der Waals surface area contributed by atoms with Gasteiger partial charge in [0, 0.05) is 14.8 Å². The number of benzene rings is 2. The highest BCUT2D eigenvalue weighted by Crippen LogP contribution is 2.27. The van der Waals surface area contributed by atoms with Crippen LogP contribution >= 0.6 is 43.5 Å². The van der Waals surface area contributed by atoms with Crippen LogP contribution in [-0.2, 0) is 12.8 Å². The van der Waals surface area contributed by atoms with Gasteiger partial charge in [-0.2, -0.15) is 0 Å². The summed E-state index contributed by atoms with van der Waals surface area (Å²) in [5.74, 6) is 1.93. The summed E-state index contributed by atoms with van der Waals surface area (Å²) in [6, 6.07) is 14.5. The Balaban J connectivity index is 2.14. The van der Waals surface area contributed by atoms with Crippen molar-refractivity contribution in [2.45, 2.75) is 12.8 Å². The zero-order valence-corrected chi connectivity index (χ0v) is 15.7. The molecule has 0 aromatic heterocycles. The van der Waals surface area contributed by atoms with Gasteiger partial charge in [0.25, 0.3) is 0 Å². The first-order chi connectivity index (χ1) is 10.1. The van der Waals surface area contributed by atoms with Gasteiger partial charge in [0.15, 0.2) is 0 Å². The molecule has 0 fully saturated rings. The summed E-state index contributed by atoms with van der Waals surface area (Å²) < 4.78 is 7.61. The number of alkyl halides is 1. The minimum atomic E-state index is 0.379. The van der Waals surface area contributed by atoms with Gasteiger partial charge in [0.05, 0.1) is 7.11 Å². The largest absolute Gasteiger partial charge is 0.496 e. The quantitative estimate of drug-likeness (QED) is 0.520. The smallest absolute Gasteiger partial charge is 0.122 e. The molecule has 0 aliphatic carbocycles. The topological polar surface area (TPSA) is 9.23 Å². The molecule has 21 heavy (non-hydrogen) atoms. The average Bonchev–Trinajstić information content (AvgIpc) is 2.47. The molecule has 1 unspecified atom stereocenters. The van der Waals surface area contributed by atoms with Gasteiger partial charge in [-0.05, 0) is 60.2 Å². The zero-order valence-electron chi connectivity index (χ0n) is 11.8. The maximum atomic E-state index is 6.18.